The fourth-order valence-corrected chi connectivity index (χ4v) is 3.43. The second-order valence-corrected chi connectivity index (χ2v) is 6.47. The third-order valence-electron chi connectivity index (χ3n) is 4.72. The van der Waals surface area contributed by atoms with Crippen molar-refractivity contribution in [2.75, 3.05) is 39.8 Å². The van der Waals surface area contributed by atoms with E-state index in [1.807, 2.05) is 6.07 Å². The van der Waals surface area contributed by atoms with Crippen LogP contribution in [0.3, 0.4) is 0 Å². The second kappa shape index (κ2) is 9.75. The van der Waals surface area contributed by atoms with E-state index in [2.05, 4.69) is 44.8 Å². The van der Waals surface area contributed by atoms with Crippen LogP contribution in [-0.2, 0) is 11.2 Å². The van der Waals surface area contributed by atoms with Gasteiger partial charge in [0.2, 0.25) is 5.91 Å². The zero-order valence-corrected chi connectivity index (χ0v) is 17.3. The Hall–Kier alpha value is -1.84. The lowest BCUT2D eigenvalue weighted by molar-refractivity contribution is -0.124. The van der Waals surface area contributed by atoms with Gasteiger partial charge in [-0.05, 0) is 24.3 Å². The Morgan fingerprint density at radius 2 is 2.08 bits per heavy atom. The number of hydrogen-bond donors (Lipinski definition) is 2. The number of carbonyl (C=O) groups excluding carboxylic acids is 2. The van der Waals surface area contributed by atoms with Crippen LogP contribution < -0.4 is 10.6 Å². The number of nitrogens with one attached hydrogen (secondary N) is 2. The number of imide groups is 1. The predicted octanol–water partition coefficient (Wildman–Crippen LogP) is 1.30. The van der Waals surface area contributed by atoms with Crippen LogP contribution in [0.1, 0.15) is 12.0 Å². The SMILES string of the molecule is CN=C(NCCN1C(=O)CNC1=O)N1CCC(Cc2ccccc2)C1.I. The maximum absolute atomic E-state index is 11.6. The van der Waals surface area contributed by atoms with Crippen molar-refractivity contribution in [3.63, 3.8) is 0 Å². The topological polar surface area (TPSA) is 77.0 Å². The van der Waals surface area contributed by atoms with Gasteiger partial charge in [0.1, 0.15) is 0 Å². The number of urea groups is 1. The maximum Gasteiger partial charge on any atom is 0.324 e. The molecule has 1 atom stereocenters. The van der Waals surface area contributed by atoms with Gasteiger partial charge in [-0.15, -0.1) is 24.0 Å². The van der Waals surface area contributed by atoms with Gasteiger partial charge in [-0.1, -0.05) is 30.3 Å². The van der Waals surface area contributed by atoms with Gasteiger partial charge in [0.15, 0.2) is 5.96 Å². The average molecular weight is 471 g/mol. The molecule has 2 N–H and O–H groups in total. The molecule has 2 aliphatic heterocycles. The summed E-state index contributed by atoms with van der Waals surface area (Å²) in [6.07, 6.45) is 2.22. The molecule has 2 saturated heterocycles. The molecule has 3 rings (SSSR count). The van der Waals surface area contributed by atoms with Crippen molar-refractivity contribution in [3.05, 3.63) is 35.9 Å². The van der Waals surface area contributed by atoms with Crippen LogP contribution in [0.15, 0.2) is 35.3 Å². The molecule has 0 radical (unpaired) electrons. The third kappa shape index (κ3) is 5.09. The van der Waals surface area contributed by atoms with Gasteiger partial charge in [-0.2, -0.15) is 0 Å². The van der Waals surface area contributed by atoms with Gasteiger partial charge in [-0.25, -0.2) is 4.79 Å². The van der Waals surface area contributed by atoms with E-state index in [9.17, 15) is 9.59 Å². The van der Waals surface area contributed by atoms with E-state index >= 15 is 0 Å². The van der Waals surface area contributed by atoms with Crippen molar-refractivity contribution in [3.8, 4) is 0 Å². The second-order valence-electron chi connectivity index (χ2n) is 6.47. The lowest BCUT2D eigenvalue weighted by Gasteiger charge is -2.22. The first kappa shape index (κ1) is 20.5. The molecule has 8 heteroatoms. The number of carbonyl (C=O) groups is 2. The van der Waals surface area contributed by atoms with Gasteiger partial charge >= 0.3 is 6.03 Å². The van der Waals surface area contributed by atoms with Gasteiger partial charge in [0, 0.05) is 33.2 Å². The molecule has 7 nitrogen and oxygen atoms in total. The summed E-state index contributed by atoms with van der Waals surface area (Å²) in [5.41, 5.74) is 1.37. The summed E-state index contributed by atoms with van der Waals surface area (Å²) in [6, 6.07) is 10.2. The molecule has 0 aromatic heterocycles. The fraction of sp³-hybridized carbons (Fsp3) is 0.500. The Labute approximate surface area is 171 Å². The first-order valence-corrected chi connectivity index (χ1v) is 8.75. The number of hydrogen-bond acceptors (Lipinski definition) is 3. The summed E-state index contributed by atoms with van der Waals surface area (Å²) in [5, 5.41) is 5.79. The summed E-state index contributed by atoms with van der Waals surface area (Å²) in [5.74, 6) is 1.28. The van der Waals surface area contributed by atoms with Crippen molar-refractivity contribution in [1.82, 2.24) is 20.4 Å². The van der Waals surface area contributed by atoms with E-state index in [0.29, 0.717) is 19.0 Å². The molecule has 0 aliphatic carbocycles. The Morgan fingerprint density at radius 1 is 1.31 bits per heavy atom. The number of amides is 3. The molecule has 3 amide bonds. The molecule has 0 bridgehead atoms. The van der Waals surface area contributed by atoms with Crippen molar-refractivity contribution in [2.24, 2.45) is 10.9 Å². The smallest absolute Gasteiger partial charge is 0.324 e. The number of halogens is 1. The minimum absolute atomic E-state index is 0. The summed E-state index contributed by atoms with van der Waals surface area (Å²) < 4.78 is 0. The summed E-state index contributed by atoms with van der Waals surface area (Å²) >= 11 is 0. The number of rotatable bonds is 5. The first-order chi connectivity index (χ1) is 12.2. The molecule has 1 unspecified atom stereocenters. The normalized spacial score (nSPS) is 20.2. The van der Waals surface area contributed by atoms with Gasteiger partial charge in [0.05, 0.1) is 6.54 Å². The molecule has 142 valence electrons. The maximum atomic E-state index is 11.6. The fourth-order valence-electron chi connectivity index (χ4n) is 3.43. The van der Waals surface area contributed by atoms with Gasteiger partial charge < -0.3 is 15.5 Å². The highest BCUT2D eigenvalue weighted by atomic mass is 127. The predicted molar refractivity (Wildman–Crippen MR) is 112 cm³/mol. The number of benzene rings is 1. The number of likely N-dealkylation sites (tertiary alicyclic amines) is 1. The van der Waals surface area contributed by atoms with E-state index < -0.39 is 0 Å². The highest BCUT2D eigenvalue weighted by Gasteiger charge is 2.28. The van der Waals surface area contributed by atoms with E-state index in [-0.39, 0.29) is 42.5 Å². The van der Waals surface area contributed by atoms with E-state index in [0.717, 1.165) is 31.9 Å². The molecule has 0 spiro atoms. The summed E-state index contributed by atoms with van der Waals surface area (Å²) in [4.78, 5) is 30.9. The molecule has 2 fully saturated rings. The highest BCUT2D eigenvalue weighted by molar-refractivity contribution is 14.0. The number of aliphatic imine (C=N–C) groups is 1. The van der Waals surface area contributed by atoms with Crippen molar-refractivity contribution >= 4 is 41.9 Å². The minimum Gasteiger partial charge on any atom is -0.354 e. The minimum atomic E-state index is -0.314. The molecule has 2 aliphatic rings. The van der Waals surface area contributed by atoms with E-state index in [1.165, 1.54) is 10.5 Å². The van der Waals surface area contributed by atoms with Gasteiger partial charge in [0.25, 0.3) is 0 Å². The van der Waals surface area contributed by atoms with Crippen molar-refractivity contribution < 1.29 is 9.59 Å². The Bertz CT molecular complexity index is 636. The van der Waals surface area contributed by atoms with Crippen LogP contribution in [0.25, 0.3) is 0 Å². The molecular weight excluding hydrogens is 445 g/mol. The van der Waals surface area contributed by atoms with Crippen LogP contribution in [0.4, 0.5) is 4.79 Å². The molecular formula is C18H26IN5O2. The Kier molecular flexibility index (Phi) is 7.67. The van der Waals surface area contributed by atoms with Gasteiger partial charge in [-0.3, -0.25) is 14.7 Å². The molecule has 2 heterocycles. The number of nitrogens with zero attached hydrogens (tertiary/aromatic N) is 3. The zero-order chi connectivity index (χ0) is 17.6. The van der Waals surface area contributed by atoms with Crippen LogP contribution in [0.2, 0.25) is 0 Å². The monoisotopic (exact) mass is 471 g/mol. The lowest BCUT2D eigenvalue weighted by atomic mass is 9.99. The summed E-state index contributed by atoms with van der Waals surface area (Å²) in [6.45, 7) is 2.90. The summed E-state index contributed by atoms with van der Waals surface area (Å²) in [7, 11) is 1.76. The molecule has 0 saturated carbocycles. The number of guanidine groups is 1. The van der Waals surface area contributed by atoms with Crippen LogP contribution in [-0.4, -0.2) is 67.5 Å². The van der Waals surface area contributed by atoms with E-state index in [4.69, 9.17) is 0 Å². The molecule has 1 aromatic carbocycles. The van der Waals surface area contributed by atoms with Crippen molar-refractivity contribution in [2.45, 2.75) is 12.8 Å². The Balaban J connectivity index is 0.00000243. The first-order valence-electron chi connectivity index (χ1n) is 8.75. The van der Waals surface area contributed by atoms with E-state index in [1.54, 1.807) is 7.05 Å². The standard InChI is InChI=1S/C18H25N5O2.HI/c1-19-17(20-8-10-23-16(24)12-21-18(23)25)22-9-7-15(13-22)11-14-5-3-2-4-6-14;/h2-6,15H,7-13H2,1H3,(H,19,20)(H,21,25);1H. The van der Waals surface area contributed by atoms with Crippen molar-refractivity contribution in [1.29, 1.82) is 0 Å². The lowest BCUT2D eigenvalue weighted by Crippen LogP contribution is -2.44. The van der Waals surface area contributed by atoms with Crippen LogP contribution >= 0.6 is 24.0 Å². The largest absolute Gasteiger partial charge is 0.354 e. The van der Waals surface area contributed by atoms with Crippen LogP contribution in [0.5, 0.6) is 0 Å². The molecule has 26 heavy (non-hydrogen) atoms. The third-order valence-corrected chi connectivity index (χ3v) is 4.72. The zero-order valence-electron chi connectivity index (χ0n) is 15.0. The highest BCUT2D eigenvalue weighted by Crippen LogP contribution is 2.20. The molecule has 1 aromatic rings. The quantitative estimate of drug-likeness (QED) is 0.294. The van der Waals surface area contributed by atoms with Crippen LogP contribution in [0, 0.1) is 5.92 Å². The Morgan fingerprint density at radius 3 is 2.73 bits per heavy atom. The average Bonchev–Trinajstić information content (AvgIpc) is 3.20.